The first-order valence-electron chi connectivity index (χ1n) is 5.88. The second-order valence-electron chi connectivity index (χ2n) is 4.23. The highest BCUT2D eigenvalue weighted by molar-refractivity contribution is 5.90. The zero-order valence-electron chi connectivity index (χ0n) is 10.5. The summed E-state index contributed by atoms with van der Waals surface area (Å²) in [6.45, 7) is 1.94. The molecule has 0 radical (unpaired) electrons. The fourth-order valence-corrected chi connectivity index (χ4v) is 1.75. The quantitative estimate of drug-likeness (QED) is 0.732. The minimum atomic E-state index is -0.978. The number of hydrogen-bond donors (Lipinski definition) is 3. The van der Waals surface area contributed by atoms with E-state index in [2.05, 4.69) is 10.3 Å². The normalized spacial score (nSPS) is 11.8. The molecule has 5 heteroatoms. The molecule has 1 aromatic heterocycles. The van der Waals surface area contributed by atoms with Crippen LogP contribution >= 0.6 is 0 Å². The number of nitrogens with one attached hydrogen (secondary N) is 1. The molecule has 1 unspecified atom stereocenters. The molecule has 0 aliphatic carbocycles. The minimum absolute atomic E-state index is 0.0625. The maximum Gasteiger partial charge on any atom is 0.335 e. The van der Waals surface area contributed by atoms with Crippen molar-refractivity contribution in [3.05, 3.63) is 53.9 Å². The van der Waals surface area contributed by atoms with E-state index in [1.807, 2.05) is 25.1 Å². The first kappa shape index (κ1) is 12.9. The zero-order chi connectivity index (χ0) is 13.8. The van der Waals surface area contributed by atoms with Gasteiger partial charge in [0, 0.05) is 6.20 Å². The van der Waals surface area contributed by atoms with E-state index in [1.165, 1.54) is 12.1 Å². The largest absolute Gasteiger partial charge is 0.478 e. The Bertz CT molecular complexity index is 584. The molecule has 0 aliphatic rings. The van der Waals surface area contributed by atoms with Gasteiger partial charge < -0.3 is 16.2 Å². The lowest BCUT2D eigenvalue weighted by atomic mass is 10.1. The molecule has 2 rings (SSSR count). The average Bonchev–Trinajstić information content (AvgIpc) is 2.42. The molecule has 98 valence electrons. The summed E-state index contributed by atoms with van der Waals surface area (Å²) in [7, 11) is 0. The maximum atomic E-state index is 10.9. The van der Waals surface area contributed by atoms with Gasteiger partial charge in [0.1, 0.15) is 0 Å². The number of nitrogens with zero attached hydrogens (tertiary/aromatic N) is 1. The molecule has 0 amide bonds. The molecule has 0 saturated carbocycles. The Kier molecular flexibility index (Phi) is 3.66. The van der Waals surface area contributed by atoms with Gasteiger partial charge in [-0.2, -0.15) is 0 Å². The maximum absolute atomic E-state index is 10.9. The monoisotopic (exact) mass is 257 g/mol. The van der Waals surface area contributed by atoms with E-state index < -0.39 is 5.97 Å². The van der Waals surface area contributed by atoms with Gasteiger partial charge >= 0.3 is 5.97 Å². The number of anilines is 2. The van der Waals surface area contributed by atoms with Crippen molar-refractivity contribution in [1.29, 1.82) is 0 Å². The van der Waals surface area contributed by atoms with Crippen molar-refractivity contribution in [2.45, 2.75) is 13.0 Å². The van der Waals surface area contributed by atoms with E-state index >= 15 is 0 Å². The van der Waals surface area contributed by atoms with Gasteiger partial charge in [0.15, 0.2) is 0 Å². The fourth-order valence-electron chi connectivity index (χ4n) is 1.75. The van der Waals surface area contributed by atoms with E-state index in [9.17, 15) is 4.79 Å². The fraction of sp³-hybridized carbons (Fsp3) is 0.143. The first-order valence-corrected chi connectivity index (χ1v) is 5.88. The number of aromatic nitrogens is 1. The summed E-state index contributed by atoms with van der Waals surface area (Å²) in [6.07, 6.45) is 1.71. The molecular formula is C14H15N3O2. The standard InChI is InChI=1S/C14H15N3O2/c1-9(12-4-2-3-7-16-12)17-13-8-10(14(18)19)5-6-11(13)15/h2-9,17H,15H2,1H3,(H,18,19). The summed E-state index contributed by atoms with van der Waals surface area (Å²) in [5.41, 5.74) is 8.01. The van der Waals surface area contributed by atoms with Gasteiger partial charge in [-0.05, 0) is 37.3 Å². The number of nitrogen functional groups attached to an aromatic ring is 1. The van der Waals surface area contributed by atoms with Crippen LogP contribution in [-0.4, -0.2) is 16.1 Å². The molecular weight excluding hydrogens is 242 g/mol. The van der Waals surface area contributed by atoms with Crippen molar-refractivity contribution in [3.8, 4) is 0 Å². The van der Waals surface area contributed by atoms with Crippen molar-refractivity contribution in [2.24, 2.45) is 0 Å². The predicted octanol–water partition coefficient (Wildman–Crippen LogP) is 2.54. The highest BCUT2D eigenvalue weighted by Gasteiger charge is 2.10. The molecule has 0 spiro atoms. The Labute approximate surface area is 111 Å². The summed E-state index contributed by atoms with van der Waals surface area (Å²) < 4.78 is 0. The molecule has 19 heavy (non-hydrogen) atoms. The number of rotatable bonds is 4. The molecule has 4 N–H and O–H groups in total. The van der Waals surface area contributed by atoms with Crippen LogP contribution in [-0.2, 0) is 0 Å². The van der Waals surface area contributed by atoms with E-state index in [0.29, 0.717) is 11.4 Å². The molecule has 1 atom stereocenters. The highest BCUT2D eigenvalue weighted by Crippen LogP contribution is 2.24. The van der Waals surface area contributed by atoms with E-state index in [-0.39, 0.29) is 11.6 Å². The molecule has 0 bridgehead atoms. The van der Waals surface area contributed by atoms with Gasteiger partial charge in [-0.25, -0.2) is 4.79 Å². The van der Waals surface area contributed by atoms with E-state index in [4.69, 9.17) is 10.8 Å². The third-order valence-corrected chi connectivity index (χ3v) is 2.80. The third-order valence-electron chi connectivity index (χ3n) is 2.80. The van der Waals surface area contributed by atoms with Crippen molar-refractivity contribution in [2.75, 3.05) is 11.1 Å². The topological polar surface area (TPSA) is 88.2 Å². The van der Waals surface area contributed by atoms with Crippen molar-refractivity contribution < 1.29 is 9.90 Å². The average molecular weight is 257 g/mol. The smallest absolute Gasteiger partial charge is 0.335 e. The van der Waals surface area contributed by atoms with Crippen LogP contribution in [0.2, 0.25) is 0 Å². The molecule has 0 aliphatic heterocycles. The SMILES string of the molecule is CC(Nc1cc(C(=O)O)ccc1N)c1ccccn1. The summed E-state index contributed by atoms with van der Waals surface area (Å²) in [5, 5.41) is 12.1. The van der Waals surface area contributed by atoms with E-state index in [0.717, 1.165) is 5.69 Å². The Morgan fingerprint density at radius 1 is 1.37 bits per heavy atom. The molecule has 1 heterocycles. The van der Waals surface area contributed by atoms with Crippen LogP contribution in [0.4, 0.5) is 11.4 Å². The van der Waals surface area contributed by atoms with Crippen LogP contribution in [0.5, 0.6) is 0 Å². The van der Waals surface area contributed by atoms with Crippen LogP contribution in [0.1, 0.15) is 29.0 Å². The second-order valence-corrected chi connectivity index (χ2v) is 4.23. The first-order chi connectivity index (χ1) is 9.08. The van der Waals surface area contributed by atoms with Crippen molar-refractivity contribution in [3.63, 3.8) is 0 Å². The van der Waals surface area contributed by atoms with Crippen LogP contribution in [0.3, 0.4) is 0 Å². The molecule has 5 nitrogen and oxygen atoms in total. The van der Waals surface area contributed by atoms with Crippen LogP contribution < -0.4 is 11.1 Å². The Morgan fingerprint density at radius 3 is 2.79 bits per heavy atom. The summed E-state index contributed by atoms with van der Waals surface area (Å²) in [4.78, 5) is 15.2. The number of pyridine rings is 1. The number of nitrogens with two attached hydrogens (primary N) is 1. The summed E-state index contributed by atoms with van der Waals surface area (Å²) >= 11 is 0. The Hall–Kier alpha value is -2.56. The Balaban J connectivity index is 2.23. The van der Waals surface area contributed by atoms with Crippen LogP contribution in [0, 0.1) is 0 Å². The van der Waals surface area contributed by atoms with Gasteiger partial charge in [0.25, 0.3) is 0 Å². The summed E-state index contributed by atoms with van der Waals surface area (Å²) in [5.74, 6) is -0.978. The third kappa shape index (κ3) is 3.01. The number of benzene rings is 1. The number of aromatic carboxylic acids is 1. The van der Waals surface area contributed by atoms with Crippen LogP contribution in [0.15, 0.2) is 42.6 Å². The lowest BCUT2D eigenvalue weighted by Crippen LogP contribution is -2.10. The van der Waals surface area contributed by atoms with Gasteiger partial charge in [0.2, 0.25) is 0 Å². The lowest BCUT2D eigenvalue weighted by molar-refractivity contribution is 0.0697. The number of carbonyl (C=O) groups is 1. The molecule has 2 aromatic rings. The van der Waals surface area contributed by atoms with Crippen molar-refractivity contribution in [1.82, 2.24) is 4.98 Å². The second kappa shape index (κ2) is 5.39. The van der Waals surface area contributed by atoms with E-state index in [1.54, 1.807) is 12.3 Å². The number of carboxylic acid groups (broad SMARTS) is 1. The number of carboxylic acids is 1. The number of hydrogen-bond acceptors (Lipinski definition) is 4. The predicted molar refractivity (Wildman–Crippen MR) is 74.1 cm³/mol. The molecule has 0 saturated heterocycles. The van der Waals surface area contributed by atoms with Crippen LogP contribution in [0.25, 0.3) is 0 Å². The summed E-state index contributed by atoms with van der Waals surface area (Å²) in [6, 6.07) is 10.2. The zero-order valence-corrected chi connectivity index (χ0v) is 10.5. The van der Waals surface area contributed by atoms with Gasteiger partial charge in [0.05, 0.1) is 28.7 Å². The molecule has 1 aromatic carbocycles. The van der Waals surface area contributed by atoms with Gasteiger partial charge in [-0.3, -0.25) is 4.98 Å². The Morgan fingerprint density at radius 2 is 2.16 bits per heavy atom. The molecule has 0 fully saturated rings. The van der Waals surface area contributed by atoms with Gasteiger partial charge in [-0.15, -0.1) is 0 Å². The van der Waals surface area contributed by atoms with Crippen molar-refractivity contribution >= 4 is 17.3 Å². The van der Waals surface area contributed by atoms with Gasteiger partial charge in [-0.1, -0.05) is 6.07 Å². The highest BCUT2D eigenvalue weighted by atomic mass is 16.4. The lowest BCUT2D eigenvalue weighted by Gasteiger charge is -2.16. The minimum Gasteiger partial charge on any atom is -0.478 e.